The Hall–Kier alpha value is -2.93. The Labute approximate surface area is 166 Å². The zero-order valence-corrected chi connectivity index (χ0v) is 15.7. The number of rotatable bonds is 3. The van der Waals surface area contributed by atoms with E-state index in [1.165, 1.54) is 12.1 Å². The number of amides is 2. The van der Waals surface area contributed by atoms with Crippen molar-refractivity contribution in [2.24, 2.45) is 0 Å². The third-order valence-corrected chi connectivity index (χ3v) is 4.89. The van der Waals surface area contributed by atoms with Crippen molar-refractivity contribution in [3.63, 3.8) is 0 Å². The summed E-state index contributed by atoms with van der Waals surface area (Å²) in [5, 5.41) is 7.37. The van der Waals surface area contributed by atoms with E-state index in [0.717, 1.165) is 18.4 Å². The van der Waals surface area contributed by atoms with Gasteiger partial charge in [0.25, 0.3) is 0 Å². The molecular formula is C20H18ClFN4O2. The van der Waals surface area contributed by atoms with Gasteiger partial charge in [0.15, 0.2) is 0 Å². The number of likely N-dealkylation sites (tertiary alicyclic amines) is 1. The number of benzene rings is 2. The molecule has 0 saturated carbocycles. The first-order chi connectivity index (χ1) is 13.6. The fourth-order valence-corrected chi connectivity index (χ4v) is 3.47. The Bertz CT molecular complexity index is 994. The lowest BCUT2D eigenvalue weighted by Crippen LogP contribution is -2.41. The number of carbonyl (C=O) groups excluding carboxylic acids is 1. The van der Waals surface area contributed by atoms with Gasteiger partial charge in [-0.15, -0.1) is 0 Å². The summed E-state index contributed by atoms with van der Waals surface area (Å²) in [7, 11) is 0. The molecule has 2 heterocycles. The number of nitrogens with zero attached hydrogens (tertiary/aromatic N) is 3. The lowest BCUT2D eigenvalue weighted by atomic mass is 9.98. The van der Waals surface area contributed by atoms with Gasteiger partial charge in [0.2, 0.25) is 11.7 Å². The lowest BCUT2D eigenvalue weighted by Gasteiger charge is -2.31. The summed E-state index contributed by atoms with van der Waals surface area (Å²) in [4.78, 5) is 18.7. The van der Waals surface area contributed by atoms with Gasteiger partial charge in [-0.2, -0.15) is 4.98 Å². The monoisotopic (exact) mass is 400 g/mol. The first-order valence-corrected chi connectivity index (χ1v) is 9.37. The smallest absolute Gasteiger partial charge is 0.321 e. The normalized spacial score (nSPS) is 16.8. The zero-order chi connectivity index (χ0) is 19.5. The summed E-state index contributed by atoms with van der Waals surface area (Å²) in [6.45, 7) is 1.07. The summed E-state index contributed by atoms with van der Waals surface area (Å²) in [5.41, 5.74) is 1.20. The van der Waals surface area contributed by atoms with Gasteiger partial charge in [-0.25, -0.2) is 9.18 Å². The number of aromatic nitrogens is 2. The van der Waals surface area contributed by atoms with Crippen LogP contribution >= 0.6 is 11.6 Å². The first kappa shape index (κ1) is 18.4. The largest absolute Gasteiger partial charge is 0.339 e. The van der Waals surface area contributed by atoms with E-state index in [2.05, 4.69) is 15.5 Å². The van der Waals surface area contributed by atoms with Crippen LogP contribution in [0, 0.1) is 5.82 Å². The molecule has 0 spiro atoms. The van der Waals surface area contributed by atoms with Crippen LogP contribution in [0.4, 0.5) is 14.9 Å². The molecule has 2 amide bonds. The quantitative estimate of drug-likeness (QED) is 0.675. The summed E-state index contributed by atoms with van der Waals surface area (Å²) in [6.07, 6.45) is 1.66. The number of nitrogens with one attached hydrogen (secondary N) is 1. The summed E-state index contributed by atoms with van der Waals surface area (Å²) >= 11 is 6.02. The van der Waals surface area contributed by atoms with Gasteiger partial charge < -0.3 is 14.7 Å². The molecular weight excluding hydrogens is 383 g/mol. The molecule has 0 radical (unpaired) electrons. The highest BCUT2D eigenvalue weighted by molar-refractivity contribution is 6.30. The van der Waals surface area contributed by atoms with E-state index in [0.29, 0.717) is 35.5 Å². The Morgan fingerprint density at radius 2 is 2.11 bits per heavy atom. The predicted octanol–water partition coefficient (Wildman–Crippen LogP) is 4.94. The van der Waals surface area contributed by atoms with Crippen molar-refractivity contribution in [1.82, 2.24) is 15.0 Å². The Balaban J connectivity index is 1.44. The van der Waals surface area contributed by atoms with Crippen LogP contribution in [0.5, 0.6) is 0 Å². The van der Waals surface area contributed by atoms with Crippen LogP contribution in [0.25, 0.3) is 11.4 Å². The van der Waals surface area contributed by atoms with Gasteiger partial charge in [0.1, 0.15) is 5.82 Å². The molecule has 2 aromatic carbocycles. The molecule has 1 atom stereocenters. The van der Waals surface area contributed by atoms with E-state index >= 15 is 0 Å². The topological polar surface area (TPSA) is 71.3 Å². The Morgan fingerprint density at radius 1 is 1.25 bits per heavy atom. The van der Waals surface area contributed by atoms with Crippen molar-refractivity contribution in [2.75, 3.05) is 18.4 Å². The number of carbonyl (C=O) groups is 1. The Morgan fingerprint density at radius 3 is 2.93 bits per heavy atom. The van der Waals surface area contributed by atoms with E-state index < -0.39 is 5.82 Å². The predicted molar refractivity (Wildman–Crippen MR) is 104 cm³/mol. The summed E-state index contributed by atoms with van der Waals surface area (Å²) < 4.78 is 18.8. The van der Waals surface area contributed by atoms with Crippen LogP contribution in [-0.2, 0) is 0 Å². The van der Waals surface area contributed by atoms with Gasteiger partial charge in [0, 0.05) is 29.4 Å². The van der Waals surface area contributed by atoms with E-state index in [1.807, 2.05) is 12.1 Å². The fraction of sp³-hybridized carbons (Fsp3) is 0.250. The number of urea groups is 1. The van der Waals surface area contributed by atoms with Crippen molar-refractivity contribution in [3.8, 4) is 11.4 Å². The molecule has 1 aliphatic rings. The maximum atomic E-state index is 13.3. The van der Waals surface area contributed by atoms with Crippen LogP contribution in [-0.4, -0.2) is 34.2 Å². The number of halogens is 2. The van der Waals surface area contributed by atoms with Gasteiger partial charge in [0.05, 0.1) is 5.92 Å². The van der Waals surface area contributed by atoms with Crippen molar-refractivity contribution >= 4 is 23.3 Å². The van der Waals surface area contributed by atoms with Crippen LogP contribution in [0.1, 0.15) is 24.7 Å². The molecule has 1 aliphatic heterocycles. The summed E-state index contributed by atoms with van der Waals surface area (Å²) in [6, 6.07) is 12.8. The second kappa shape index (κ2) is 7.98. The molecule has 144 valence electrons. The second-order valence-electron chi connectivity index (χ2n) is 6.69. The standard InChI is InChI=1S/C20H18ClFN4O2/c21-15-6-1-4-13(10-15)18-24-19(28-25-18)14-5-3-9-26(12-14)20(27)23-17-8-2-7-16(22)11-17/h1-2,4,6-8,10-11,14H,3,5,9,12H2,(H,23,27)/t14-/m1/s1. The minimum atomic E-state index is -0.395. The average Bonchev–Trinajstić information content (AvgIpc) is 3.18. The van der Waals surface area contributed by atoms with E-state index in [4.69, 9.17) is 16.1 Å². The average molecular weight is 401 g/mol. The number of hydrogen-bond acceptors (Lipinski definition) is 4. The van der Waals surface area contributed by atoms with Crippen LogP contribution in [0.3, 0.4) is 0 Å². The molecule has 0 bridgehead atoms. The van der Waals surface area contributed by atoms with Crippen LogP contribution < -0.4 is 5.32 Å². The van der Waals surface area contributed by atoms with E-state index in [-0.39, 0.29) is 11.9 Å². The van der Waals surface area contributed by atoms with E-state index in [1.54, 1.807) is 29.2 Å². The SMILES string of the molecule is O=C(Nc1cccc(F)c1)N1CCC[C@@H](c2nc(-c3cccc(Cl)c3)no2)C1. The summed E-state index contributed by atoms with van der Waals surface area (Å²) in [5.74, 6) is 0.526. The van der Waals surface area contributed by atoms with Crippen LogP contribution in [0.2, 0.25) is 5.02 Å². The lowest BCUT2D eigenvalue weighted by molar-refractivity contribution is 0.184. The van der Waals surface area contributed by atoms with Crippen molar-refractivity contribution in [3.05, 3.63) is 65.3 Å². The highest BCUT2D eigenvalue weighted by atomic mass is 35.5. The minimum Gasteiger partial charge on any atom is -0.339 e. The highest BCUT2D eigenvalue weighted by Crippen LogP contribution is 2.28. The molecule has 4 rings (SSSR count). The molecule has 1 N–H and O–H groups in total. The highest BCUT2D eigenvalue weighted by Gasteiger charge is 2.29. The minimum absolute atomic E-state index is 0.0487. The van der Waals surface area contributed by atoms with Crippen molar-refractivity contribution < 1.29 is 13.7 Å². The molecule has 0 unspecified atom stereocenters. The zero-order valence-electron chi connectivity index (χ0n) is 14.9. The van der Waals surface area contributed by atoms with Gasteiger partial charge in [-0.05, 0) is 43.2 Å². The second-order valence-corrected chi connectivity index (χ2v) is 7.13. The molecule has 3 aromatic rings. The molecule has 6 nitrogen and oxygen atoms in total. The fourth-order valence-electron chi connectivity index (χ4n) is 3.28. The number of hydrogen-bond donors (Lipinski definition) is 1. The van der Waals surface area contributed by atoms with Gasteiger partial charge in [-0.3, -0.25) is 0 Å². The maximum Gasteiger partial charge on any atom is 0.321 e. The molecule has 8 heteroatoms. The van der Waals surface area contributed by atoms with Crippen LogP contribution in [0.15, 0.2) is 53.1 Å². The molecule has 1 aromatic heterocycles. The Kier molecular flexibility index (Phi) is 5.25. The molecule has 1 saturated heterocycles. The molecule has 28 heavy (non-hydrogen) atoms. The van der Waals surface area contributed by atoms with Crippen molar-refractivity contribution in [2.45, 2.75) is 18.8 Å². The first-order valence-electron chi connectivity index (χ1n) is 8.99. The number of piperidine rings is 1. The number of anilines is 1. The third kappa shape index (κ3) is 4.14. The van der Waals surface area contributed by atoms with Crippen molar-refractivity contribution in [1.29, 1.82) is 0 Å². The molecule has 1 fully saturated rings. The maximum absolute atomic E-state index is 13.3. The molecule has 0 aliphatic carbocycles. The van der Waals surface area contributed by atoms with Gasteiger partial charge in [-0.1, -0.05) is 35.0 Å². The van der Waals surface area contributed by atoms with E-state index in [9.17, 15) is 9.18 Å². The van der Waals surface area contributed by atoms with Gasteiger partial charge >= 0.3 is 6.03 Å². The third-order valence-electron chi connectivity index (χ3n) is 4.66.